The summed E-state index contributed by atoms with van der Waals surface area (Å²) in [5.74, 6) is 0. The number of benzene rings is 18. The Bertz CT molecular complexity index is 7080. The molecule has 0 aliphatic carbocycles. The minimum atomic E-state index is 0. The summed E-state index contributed by atoms with van der Waals surface area (Å²) in [6.45, 7) is 4.22. The maximum atomic E-state index is 4.85. The van der Waals surface area contributed by atoms with Crippen molar-refractivity contribution in [2.75, 3.05) is 0 Å². The Kier molecular flexibility index (Phi) is 21.7. The summed E-state index contributed by atoms with van der Waals surface area (Å²) >= 11 is 0. The van der Waals surface area contributed by atoms with Crippen LogP contribution in [0, 0.1) is 38.1 Å². The quantitative estimate of drug-likeness (QED) is 0.130. The Hall–Kier alpha value is -11.2. The SMILES string of the molecule is Cc1[c-]c(-c2nccc3c4ccccc4c4ccccc4c23)cc(C)c1.[Ir].[Ir].[Ir].[Ir].[c-]1cc2ccccc2cc1-c1cc2c3ccccc3c3ccccc3c2cn1.[c-]1ccc2ccccc2c1-c1cc2c3ccccc3c3ccccc3c2cn1.[c-]1ccccc1-c1nccc2c3ccccc3c3ccccc3c12. The molecule has 0 N–H and O–H groups in total. The third-order valence-electron chi connectivity index (χ3n) is 20.9. The van der Waals surface area contributed by atoms with Crippen LogP contribution in [-0.4, -0.2) is 19.9 Å². The van der Waals surface area contributed by atoms with Crippen molar-refractivity contribution in [3.8, 4) is 45.0 Å². The van der Waals surface area contributed by atoms with E-state index >= 15 is 0 Å². The van der Waals surface area contributed by atoms with Gasteiger partial charge in [-0.1, -0.05) is 279 Å². The molecule has 22 rings (SSSR count). The third kappa shape index (κ3) is 13.6. The molecule has 0 unspecified atom stereocenters. The molecule has 8 heteroatoms. The zero-order valence-electron chi connectivity index (χ0n) is 59.6. The van der Waals surface area contributed by atoms with E-state index in [1.165, 1.54) is 156 Å². The van der Waals surface area contributed by atoms with Gasteiger partial charge in [0.15, 0.2) is 0 Å². The smallest absolute Gasteiger partial charge is 0.0245 e. The predicted octanol–water partition coefficient (Wildman–Crippen LogP) is 26.9. The average molecular weight is 2110 g/mol. The molecule has 0 atom stereocenters. The second-order valence-electron chi connectivity index (χ2n) is 27.2. The molecule has 0 bridgehead atoms. The predicted molar refractivity (Wildman–Crippen MR) is 449 cm³/mol. The largest absolute Gasteiger partial charge is 0.304 e. The first kappa shape index (κ1) is 74.3. The van der Waals surface area contributed by atoms with Gasteiger partial charge in [0.2, 0.25) is 0 Å². The van der Waals surface area contributed by atoms with E-state index < -0.39 is 0 Å². The summed E-state index contributed by atoms with van der Waals surface area (Å²) in [5.41, 5.74) is 10.5. The number of hydrogen-bond acceptors (Lipinski definition) is 4. The summed E-state index contributed by atoms with van der Waals surface area (Å²) in [5, 5.41) is 34.8. The first-order valence-electron chi connectivity index (χ1n) is 36.0. The van der Waals surface area contributed by atoms with E-state index in [1.807, 2.05) is 49.1 Å². The summed E-state index contributed by atoms with van der Waals surface area (Å²) in [4.78, 5) is 19.2. The molecule has 0 saturated heterocycles. The molecule has 4 heterocycles. The van der Waals surface area contributed by atoms with Gasteiger partial charge in [0.05, 0.1) is 0 Å². The fourth-order valence-electron chi connectivity index (χ4n) is 16.2. The van der Waals surface area contributed by atoms with Crippen molar-refractivity contribution in [2.24, 2.45) is 0 Å². The Labute approximate surface area is 691 Å². The van der Waals surface area contributed by atoms with Crippen LogP contribution in [-0.2, 0) is 80.4 Å². The topological polar surface area (TPSA) is 51.6 Å². The van der Waals surface area contributed by atoms with Crippen molar-refractivity contribution in [1.82, 2.24) is 19.9 Å². The Morgan fingerprint density at radius 3 is 1.05 bits per heavy atom. The van der Waals surface area contributed by atoms with Gasteiger partial charge in [-0.2, -0.15) is 0 Å². The summed E-state index contributed by atoms with van der Waals surface area (Å²) < 4.78 is 0. The maximum Gasteiger partial charge on any atom is 0.0245 e. The number of nitrogens with zero attached hydrogens (tertiary/aromatic N) is 4. The minimum Gasteiger partial charge on any atom is -0.304 e. The number of pyridine rings is 4. The van der Waals surface area contributed by atoms with Crippen LogP contribution in [0.25, 0.3) is 196 Å². The molecule has 4 aromatic heterocycles. The van der Waals surface area contributed by atoms with Crippen LogP contribution in [0.1, 0.15) is 11.1 Å². The Balaban J connectivity index is 0.000000115. The molecule has 0 fully saturated rings. The van der Waals surface area contributed by atoms with E-state index in [9.17, 15) is 0 Å². The molecule has 0 aliphatic heterocycles. The molecule has 4 radical (unpaired) electrons. The standard InChI is InChI=1S/2C27H16N.C25H18N.C23H14N.4Ir/c1-2-10-19-18(8-1)9-7-15-24(19)27-16-25-22-13-5-3-11-20(22)21-12-4-6-14-23(21)26(25)17-28-27;1-2-8-19-15-20(14-13-18(19)7-1)27-16-25-23-11-5-3-9-21(23)22-10-4-6-12-24(22)26(25)17-28-27;1-16-13-17(2)15-18(14-16)25-24-22-10-6-5-8-20(22)19-7-3-4-9-21(19)23(24)11-12-26-25;1-2-8-16(9-3-1)23-22-20-13-7-6-11-18(20)17-10-4-5-12-19(17)21(22)14-15-24-23;;;;/h1-14,16-17H;1-13,15-17H;3-14H,1-2H3;1-8,10-15H;;;;/q4*-1;;;;. The van der Waals surface area contributed by atoms with Gasteiger partial charge < -0.3 is 19.9 Å². The molecular formula is C102H64Ir4N4-4. The van der Waals surface area contributed by atoms with Gasteiger partial charge in [0, 0.05) is 116 Å². The summed E-state index contributed by atoms with van der Waals surface area (Å²) in [6.07, 6.45) is 7.86. The number of hydrogen-bond donors (Lipinski definition) is 0. The van der Waals surface area contributed by atoms with Gasteiger partial charge in [0.1, 0.15) is 0 Å². The van der Waals surface area contributed by atoms with Gasteiger partial charge in [-0.3, -0.25) is 0 Å². The molecule has 532 valence electrons. The fraction of sp³-hybridized carbons (Fsp3) is 0.0196. The molecule has 0 spiro atoms. The van der Waals surface area contributed by atoms with E-state index in [4.69, 9.17) is 19.9 Å². The number of aromatic nitrogens is 4. The van der Waals surface area contributed by atoms with Crippen LogP contribution in [0.4, 0.5) is 0 Å². The first-order chi connectivity index (χ1) is 52.4. The second-order valence-corrected chi connectivity index (χ2v) is 27.2. The minimum absolute atomic E-state index is 0. The molecule has 0 saturated carbocycles. The van der Waals surface area contributed by atoms with Crippen molar-refractivity contribution >= 4 is 151 Å². The van der Waals surface area contributed by atoms with Gasteiger partial charge in [-0.25, -0.2) is 0 Å². The Morgan fingerprint density at radius 1 is 0.236 bits per heavy atom. The first-order valence-corrected chi connectivity index (χ1v) is 36.0. The van der Waals surface area contributed by atoms with Gasteiger partial charge in [0.25, 0.3) is 0 Å². The third-order valence-corrected chi connectivity index (χ3v) is 20.9. The van der Waals surface area contributed by atoms with E-state index in [0.717, 1.165) is 50.6 Å². The van der Waals surface area contributed by atoms with E-state index in [1.54, 1.807) is 0 Å². The van der Waals surface area contributed by atoms with Crippen LogP contribution in [0.2, 0.25) is 0 Å². The van der Waals surface area contributed by atoms with Crippen molar-refractivity contribution in [3.63, 3.8) is 0 Å². The van der Waals surface area contributed by atoms with E-state index in [0.29, 0.717) is 0 Å². The van der Waals surface area contributed by atoms with E-state index in [2.05, 4.69) is 341 Å². The van der Waals surface area contributed by atoms with Gasteiger partial charge in [-0.05, 0) is 153 Å². The summed E-state index contributed by atoms with van der Waals surface area (Å²) in [7, 11) is 0. The number of fused-ring (bicyclic) bond motifs is 26. The molecule has 0 aliphatic rings. The molecule has 4 nitrogen and oxygen atoms in total. The molecule has 110 heavy (non-hydrogen) atoms. The average Bonchev–Trinajstić information content (AvgIpc) is 0.796. The Morgan fingerprint density at radius 2 is 0.600 bits per heavy atom. The zero-order chi connectivity index (χ0) is 70.6. The van der Waals surface area contributed by atoms with Crippen LogP contribution in [0.3, 0.4) is 0 Å². The zero-order valence-corrected chi connectivity index (χ0v) is 69.2. The number of aryl methyl sites for hydroxylation is 2. The van der Waals surface area contributed by atoms with Crippen molar-refractivity contribution in [1.29, 1.82) is 0 Å². The fourth-order valence-corrected chi connectivity index (χ4v) is 16.2. The van der Waals surface area contributed by atoms with Crippen molar-refractivity contribution < 1.29 is 80.4 Å². The van der Waals surface area contributed by atoms with Crippen LogP contribution in [0.5, 0.6) is 0 Å². The van der Waals surface area contributed by atoms with Crippen LogP contribution >= 0.6 is 0 Å². The van der Waals surface area contributed by atoms with E-state index in [-0.39, 0.29) is 80.4 Å². The monoisotopic (exact) mass is 2120 g/mol. The van der Waals surface area contributed by atoms with Crippen LogP contribution < -0.4 is 0 Å². The number of rotatable bonds is 4. The van der Waals surface area contributed by atoms with Crippen LogP contribution in [0.15, 0.2) is 352 Å². The normalized spacial score (nSPS) is 11.1. The molecule has 22 aromatic rings. The summed E-state index contributed by atoms with van der Waals surface area (Å²) in [6, 6.07) is 129. The second kappa shape index (κ2) is 32.2. The van der Waals surface area contributed by atoms with Crippen molar-refractivity contribution in [3.05, 3.63) is 388 Å². The van der Waals surface area contributed by atoms with Gasteiger partial charge >= 0.3 is 0 Å². The van der Waals surface area contributed by atoms with Crippen molar-refractivity contribution in [2.45, 2.75) is 13.8 Å². The maximum absolute atomic E-state index is 4.85. The molecular weight excluding hydrogens is 2050 g/mol. The molecule has 18 aromatic carbocycles. The molecule has 0 amide bonds. The van der Waals surface area contributed by atoms with Gasteiger partial charge in [-0.15, -0.1) is 129 Å².